The van der Waals surface area contributed by atoms with Crippen LogP contribution in [0.2, 0.25) is 0 Å². The Balaban J connectivity index is 1.39. The van der Waals surface area contributed by atoms with E-state index < -0.39 is 11.4 Å². The number of aromatic carboxylic acids is 1. The fraction of sp³-hybridized carbons (Fsp3) is 0.375. The van der Waals surface area contributed by atoms with Crippen molar-refractivity contribution in [2.24, 2.45) is 5.41 Å². The van der Waals surface area contributed by atoms with Crippen LogP contribution in [0.4, 0.5) is 5.82 Å². The monoisotopic (exact) mass is 585 g/mol. The van der Waals surface area contributed by atoms with Crippen molar-refractivity contribution in [3.8, 4) is 22.8 Å². The van der Waals surface area contributed by atoms with Gasteiger partial charge in [-0.1, -0.05) is 12.1 Å². The van der Waals surface area contributed by atoms with E-state index in [0.29, 0.717) is 49.3 Å². The van der Waals surface area contributed by atoms with Crippen LogP contribution in [0, 0.1) is 5.41 Å². The summed E-state index contributed by atoms with van der Waals surface area (Å²) in [6.07, 6.45) is 5.40. The minimum absolute atomic E-state index is 0.0127. The highest BCUT2D eigenvalue weighted by Crippen LogP contribution is 2.37. The molecular formula is C32H35N5O6. The number of benzene rings is 2. The summed E-state index contributed by atoms with van der Waals surface area (Å²) in [7, 11) is 3.23. The summed E-state index contributed by atoms with van der Waals surface area (Å²) in [6, 6.07) is 12.4. The molecule has 4 heterocycles. The normalized spacial score (nSPS) is 17.7. The average molecular weight is 586 g/mol. The van der Waals surface area contributed by atoms with Gasteiger partial charge in [0, 0.05) is 55.1 Å². The van der Waals surface area contributed by atoms with Crippen molar-refractivity contribution in [2.75, 3.05) is 45.8 Å². The van der Waals surface area contributed by atoms with Crippen LogP contribution < -0.4 is 14.8 Å². The number of carbonyl (C=O) groups is 2. The third kappa shape index (κ3) is 5.36. The van der Waals surface area contributed by atoms with E-state index in [0.717, 1.165) is 41.9 Å². The molecule has 2 aliphatic heterocycles. The smallest absolute Gasteiger partial charge is 0.335 e. The van der Waals surface area contributed by atoms with Gasteiger partial charge < -0.3 is 29.5 Å². The predicted molar refractivity (Wildman–Crippen MR) is 160 cm³/mol. The number of carboxylic acids is 1. The Morgan fingerprint density at radius 2 is 1.93 bits per heavy atom. The lowest BCUT2D eigenvalue weighted by Crippen LogP contribution is -2.55. The van der Waals surface area contributed by atoms with E-state index >= 15 is 0 Å². The van der Waals surface area contributed by atoms with E-state index in [1.54, 1.807) is 44.7 Å². The number of fused-ring (bicyclic) bond motifs is 1. The molecule has 11 nitrogen and oxygen atoms in total. The van der Waals surface area contributed by atoms with Gasteiger partial charge in [0.2, 0.25) is 5.91 Å². The maximum Gasteiger partial charge on any atom is 0.335 e. The van der Waals surface area contributed by atoms with Gasteiger partial charge >= 0.3 is 5.97 Å². The number of ether oxygens (including phenoxy) is 3. The van der Waals surface area contributed by atoms with E-state index in [1.807, 2.05) is 40.6 Å². The molecule has 11 heteroatoms. The Bertz CT molecular complexity index is 1660. The third-order valence-electron chi connectivity index (χ3n) is 8.36. The van der Waals surface area contributed by atoms with Crippen LogP contribution in [0.1, 0.15) is 47.4 Å². The van der Waals surface area contributed by atoms with Crippen LogP contribution in [-0.2, 0) is 16.1 Å². The number of likely N-dealkylation sites (tertiary alicyclic amines) is 1. The van der Waals surface area contributed by atoms with Crippen molar-refractivity contribution in [3.63, 3.8) is 0 Å². The number of hydrogen-bond donors (Lipinski definition) is 2. The van der Waals surface area contributed by atoms with Crippen molar-refractivity contribution in [3.05, 3.63) is 71.8 Å². The predicted octanol–water partition coefficient (Wildman–Crippen LogP) is 4.47. The van der Waals surface area contributed by atoms with Gasteiger partial charge in [-0.15, -0.1) is 0 Å². The molecule has 4 aromatic rings. The Labute approximate surface area is 249 Å². The molecule has 2 N–H and O–H groups in total. The summed E-state index contributed by atoms with van der Waals surface area (Å²) in [5.74, 6) is 2.01. The van der Waals surface area contributed by atoms with Crippen molar-refractivity contribution in [2.45, 2.75) is 32.2 Å². The number of rotatable bonds is 9. The Morgan fingerprint density at radius 3 is 2.60 bits per heavy atom. The number of hydrogen-bond acceptors (Lipinski definition) is 8. The molecule has 0 spiro atoms. The summed E-state index contributed by atoms with van der Waals surface area (Å²) >= 11 is 0. The van der Waals surface area contributed by atoms with Gasteiger partial charge in [-0.3, -0.25) is 9.20 Å². The largest absolute Gasteiger partial charge is 0.497 e. The molecule has 0 bridgehead atoms. The topological polar surface area (TPSA) is 128 Å². The highest BCUT2D eigenvalue weighted by atomic mass is 16.5. The van der Waals surface area contributed by atoms with Crippen molar-refractivity contribution in [1.29, 1.82) is 0 Å². The van der Waals surface area contributed by atoms with Crippen LogP contribution >= 0.6 is 0 Å². The number of methoxy groups -OCH3 is 2. The lowest BCUT2D eigenvalue weighted by atomic mass is 9.85. The van der Waals surface area contributed by atoms with Gasteiger partial charge in [-0.2, -0.15) is 0 Å². The minimum atomic E-state index is -0.989. The molecule has 1 atom stereocenters. The second-order valence-corrected chi connectivity index (χ2v) is 11.4. The summed E-state index contributed by atoms with van der Waals surface area (Å²) in [5, 5.41) is 12.9. The molecule has 0 radical (unpaired) electrons. The lowest BCUT2D eigenvalue weighted by Gasteiger charge is -2.42. The summed E-state index contributed by atoms with van der Waals surface area (Å²) in [4.78, 5) is 36.7. The van der Waals surface area contributed by atoms with Gasteiger partial charge in [0.15, 0.2) is 5.82 Å². The van der Waals surface area contributed by atoms with Gasteiger partial charge in [-0.05, 0) is 44.0 Å². The standard InChI is InChI=1S/C32H35N5O6/c1-32(18-43-19-32)31(40)36-13-4-5-23(17-36)29-35-26(20-6-8-21(9-7-20)30(38)39)27-28(33-12-14-37(27)29)34-16-22-10-11-24(41-2)15-25(22)42-3/h6-12,14-15,23H,4-5,13,16-19H2,1-3H3,(H,33,34)(H,38,39). The number of piperidine rings is 1. The van der Waals surface area contributed by atoms with E-state index in [9.17, 15) is 14.7 Å². The number of amides is 1. The summed E-state index contributed by atoms with van der Waals surface area (Å²) < 4.78 is 18.3. The fourth-order valence-electron chi connectivity index (χ4n) is 5.91. The molecule has 2 aromatic carbocycles. The second-order valence-electron chi connectivity index (χ2n) is 11.4. The molecule has 224 valence electrons. The molecular weight excluding hydrogens is 550 g/mol. The first kappa shape index (κ1) is 28.5. The highest BCUT2D eigenvalue weighted by Gasteiger charge is 2.44. The summed E-state index contributed by atoms with van der Waals surface area (Å²) in [6.45, 7) is 4.59. The van der Waals surface area contributed by atoms with Crippen molar-refractivity contribution in [1.82, 2.24) is 19.3 Å². The Kier molecular flexibility index (Phi) is 7.66. The molecule has 2 aliphatic rings. The molecule has 2 saturated heterocycles. The molecule has 6 rings (SSSR count). The number of nitrogens with zero attached hydrogens (tertiary/aromatic N) is 4. The minimum Gasteiger partial charge on any atom is -0.497 e. The third-order valence-corrected chi connectivity index (χ3v) is 8.36. The van der Waals surface area contributed by atoms with E-state index in [2.05, 4.69) is 10.3 Å². The highest BCUT2D eigenvalue weighted by molar-refractivity contribution is 5.90. The number of aromatic nitrogens is 3. The zero-order valence-electron chi connectivity index (χ0n) is 24.5. The number of imidazole rings is 1. The number of carboxylic acid groups (broad SMARTS) is 1. The first-order valence-electron chi connectivity index (χ1n) is 14.3. The van der Waals surface area contributed by atoms with Gasteiger partial charge in [0.1, 0.15) is 28.5 Å². The van der Waals surface area contributed by atoms with E-state index in [4.69, 9.17) is 19.2 Å². The number of anilines is 1. The van der Waals surface area contributed by atoms with E-state index in [1.165, 1.54) is 0 Å². The van der Waals surface area contributed by atoms with Crippen LogP contribution in [0.3, 0.4) is 0 Å². The molecule has 1 amide bonds. The molecule has 0 saturated carbocycles. The van der Waals surface area contributed by atoms with Crippen LogP contribution in [0.25, 0.3) is 16.8 Å². The van der Waals surface area contributed by atoms with Gasteiger partial charge in [0.05, 0.1) is 38.4 Å². The van der Waals surface area contributed by atoms with Gasteiger partial charge in [-0.25, -0.2) is 14.8 Å². The molecule has 2 fully saturated rings. The average Bonchev–Trinajstić information content (AvgIpc) is 3.42. The fourth-order valence-corrected chi connectivity index (χ4v) is 5.91. The maximum atomic E-state index is 13.4. The second kappa shape index (κ2) is 11.6. The summed E-state index contributed by atoms with van der Waals surface area (Å²) in [5.41, 5.74) is 2.90. The van der Waals surface area contributed by atoms with Crippen LogP contribution in [0.15, 0.2) is 54.9 Å². The zero-order chi connectivity index (χ0) is 30.1. The van der Waals surface area contributed by atoms with Crippen molar-refractivity contribution >= 4 is 23.2 Å². The van der Waals surface area contributed by atoms with Crippen molar-refractivity contribution < 1.29 is 28.9 Å². The first-order valence-corrected chi connectivity index (χ1v) is 14.3. The Morgan fingerprint density at radius 1 is 1.14 bits per heavy atom. The van der Waals surface area contributed by atoms with Crippen LogP contribution in [-0.4, -0.2) is 76.8 Å². The number of nitrogens with one attached hydrogen (secondary N) is 1. The quantitative estimate of drug-likeness (QED) is 0.293. The first-order chi connectivity index (χ1) is 20.8. The SMILES string of the molecule is COc1ccc(CNc2nccn3c(C4CCCN(C(=O)C5(C)COC5)C4)nc(-c4ccc(C(=O)O)cc4)c23)c(OC)c1. The number of carbonyl (C=O) groups excluding carboxylic acids is 1. The lowest BCUT2D eigenvalue weighted by molar-refractivity contribution is -0.169. The van der Waals surface area contributed by atoms with E-state index in [-0.39, 0.29) is 17.4 Å². The molecule has 2 aromatic heterocycles. The molecule has 43 heavy (non-hydrogen) atoms. The van der Waals surface area contributed by atoms with Crippen LogP contribution in [0.5, 0.6) is 11.5 Å². The zero-order valence-corrected chi connectivity index (χ0v) is 24.5. The molecule has 0 aliphatic carbocycles. The van der Waals surface area contributed by atoms with Gasteiger partial charge in [0.25, 0.3) is 0 Å². The maximum absolute atomic E-state index is 13.4. The molecule has 1 unspecified atom stereocenters. The Hall–Kier alpha value is -4.64.